The number of nitrogens with one attached hydrogen (secondary N) is 1. The quantitative estimate of drug-likeness (QED) is 0.861. The molecule has 100 valence electrons. The van der Waals surface area contributed by atoms with Crippen LogP contribution in [-0.2, 0) is 7.05 Å². The van der Waals surface area contributed by atoms with Gasteiger partial charge < -0.3 is 9.88 Å². The molecule has 0 aliphatic heterocycles. The van der Waals surface area contributed by atoms with Crippen LogP contribution in [0.25, 0.3) is 0 Å². The molecule has 0 radical (unpaired) electrons. The lowest BCUT2D eigenvalue weighted by molar-refractivity contribution is 0.763. The second-order valence-electron chi connectivity index (χ2n) is 4.66. The smallest absolute Gasteiger partial charge is 0.197 e. The first kappa shape index (κ1) is 12.4. The molecule has 1 aliphatic rings. The van der Waals surface area contributed by atoms with Gasteiger partial charge in [0.05, 0.1) is 0 Å². The zero-order chi connectivity index (χ0) is 13.4. The van der Waals surface area contributed by atoms with Crippen LogP contribution >= 0.6 is 11.8 Å². The summed E-state index contributed by atoms with van der Waals surface area (Å²) in [5.41, 5.74) is 0. The first-order valence-corrected chi connectivity index (χ1v) is 7.09. The van der Waals surface area contributed by atoms with Crippen molar-refractivity contribution in [3.8, 4) is 0 Å². The minimum Gasteiger partial charge on any atom is -0.373 e. The molecule has 1 N–H and O–H groups in total. The van der Waals surface area contributed by atoms with Crippen molar-refractivity contribution in [1.29, 1.82) is 0 Å². The van der Waals surface area contributed by atoms with Gasteiger partial charge in [-0.15, -0.1) is 10.2 Å². The number of aryl methyl sites for hydroxylation is 1. The van der Waals surface area contributed by atoms with Crippen molar-refractivity contribution >= 4 is 17.6 Å². The van der Waals surface area contributed by atoms with Crippen molar-refractivity contribution in [3.05, 3.63) is 17.7 Å². The van der Waals surface area contributed by atoms with Crippen LogP contribution in [0.15, 0.2) is 16.2 Å². The lowest BCUT2D eigenvalue weighted by atomic mass is 10.4. The van der Waals surface area contributed by atoms with Crippen molar-refractivity contribution in [3.63, 3.8) is 0 Å². The lowest BCUT2D eigenvalue weighted by Crippen LogP contribution is -2.01. The van der Waals surface area contributed by atoms with Crippen LogP contribution in [-0.4, -0.2) is 31.8 Å². The first-order valence-electron chi connectivity index (χ1n) is 6.28. The molecular formula is C12H16N6S. The highest BCUT2D eigenvalue weighted by Crippen LogP contribution is 2.39. The third kappa shape index (κ3) is 2.56. The molecule has 0 bridgehead atoms. The fourth-order valence-electron chi connectivity index (χ4n) is 1.72. The molecule has 0 amide bonds. The molecule has 7 heteroatoms. The maximum absolute atomic E-state index is 4.62. The molecule has 2 aromatic rings. The maximum atomic E-state index is 4.62. The average Bonchev–Trinajstić information content (AvgIpc) is 3.22. The molecule has 0 spiro atoms. The molecule has 1 saturated carbocycles. The monoisotopic (exact) mass is 276 g/mol. The van der Waals surface area contributed by atoms with Gasteiger partial charge in [-0.25, -0.2) is 9.97 Å². The molecule has 1 fully saturated rings. The zero-order valence-corrected chi connectivity index (χ0v) is 12.0. The van der Waals surface area contributed by atoms with E-state index in [4.69, 9.17) is 0 Å². The van der Waals surface area contributed by atoms with Crippen LogP contribution in [0, 0.1) is 6.92 Å². The topological polar surface area (TPSA) is 68.5 Å². The molecule has 19 heavy (non-hydrogen) atoms. The van der Waals surface area contributed by atoms with Crippen LogP contribution in [0.5, 0.6) is 0 Å². The molecule has 0 aromatic carbocycles. The Balaban J connectivity index is 1.91. The van der Waals surface area contributed by atoms with E-state index in [1.165, 1.54) is 24.6 Å². The lowest BCUT2D eigenvalue weighted by Gasteiger charge is -2.06. The predicted octanol–water partition coefficient (Wildman–Crippen LogP) is 1.98. The molecule has 1 aliphatic carbocycles. The number of rotatable bonds is 4. The first-order chi connectivity index (χ1) is 9.17. The van der Waals surface area contributed by atoms with E-state index in [1.54, 1.807) is 0 Å². The molecule has 2 heterocycles. The van der Waals surface area contributed by atoms with Crippen molar-refractivity contribution in [2.75, 3.05) is 12.4 Å². The van der Waals surface area contributed by atoms with E-state index in [0.717, 1.165) is 27.6 Å². The number of hydrogen-bond acceptors (Lipinski definition) is 6. The fraction of sp³-hybridized carbons (Fsp3) is 0.500. The summed E-state index contributed by atoms with van der Waals surface area (Å²) in [6.45, 7) is 1.94. The molecule has 2 aromatic heterocycles. The summed E-state index contributed by atoms with van der Waals surface area (Å²) in [5, 5.41) is 13.1. The number of hydrogen-bond donors (Lipinski definition) is 1. The van der Waals surface area contributed by atoms with Gasteiger partial charge in [0, 0.05) is 26.1 Å². The number of anilines is 1. The summed E-state index contributed by atoms with van der Waals surface area (Å²) >= 11 is 1.52. The van der Waals surface area contributed by atoms with Crippen LogP contribution < -0.4 is 5.32 Å². The Bertz CT molecular complexity index is 604. The standard InChI is InChI=1S/C12H16N6S/c1-7-16-17-12(18(7)3)19-10-6-9(13-2)14-11(15-10)8-4-5-8/h6,8H,4-5H2,1-3H3,(H,13,14,15). The summed E-state index contributed by atoms with van der Waals surface area (Å²) < 4.78 is 1.96. The maximum Gasteiger partial charge on any atom is 0.197 e. The Morgan fingerprint density at radius 1 is 1.32 bits per heavy atom. The Morgan fingerprint density at radius 3 is 2.68 bits per heavy atom. The van der Waals surface area contributed by atoms with Crippen molar-refractivity contribution in [2.24, 2.45) is 7.05 Å². The van der Waals surface area contributed by atoms with Crippen molar-refractivity contribution in [2.45, 2.75) is 35.9 Å². The highest BCUT2D eigenvalue weighted by Gasteiger charge is 2.27. The predicted molar refractivity (Wildman–Crippen MR) is 73.4 cm³/mol. The SMILES string of the molecule is CNc1cc(Sc2nnc(C)n2C)nc(C2CC2)n1. The zero-order valence-electron chi connectivity index (χ0n) is 11.2. The summed E-state index contributed by atoms with van der Waals surface area (Å²) in [7, 11) is 3.83. The van der Waals surface area contributed by atoms with Gasteiger partial charge in [0.1, 0.15) is 22.5 Å². The summed E-state index contributed by atoms with van der Waals surface area (Å²) in [4.78, 5) is 9.12. The molecular weight excluding hydrogens is 260 g/mol. The molecule has 6 nitrogen and oxygen atoms in total. The fourth-order valence-corrected chi connectivity index (χ4v) is 2.56. The van der Waals surface area contributed by atoms with Gasteiger partial charge in [-0.3, -0.25) is 0 Å². The minimum atomic E-state index is 0.536. The van der Waals surface area contributed by atoms with Gasteiger partial charge in [-0.2, -0.15) is 0 Å². The van der Waals surface area contributed by atoms with E-state index in [1.807, 2.05) is 31.7 Å². The molecule has 0 saturated heterocycles. The minimum absolute atomic E-state index is 0.536. The van der Waals surface area contributed by atoms with E-state index >= 15 is 0 Å². The van der Waals surface area contributed by atoms with E-state index in [9.17, 15) is 0 Å². The molecule has 3 rings (SSSR count). The van der Waals surface area contributed by atoms with Crippen LogP contribution in [0.4, 0.5) is 5.82 Å². The average molecular weight is 276 g/mol. The van der Waals surface area contributed by atoms with Gasteiger partial charge in [-0.05, 0) is 31.5 Å². The third-order valence-corrected chi connectivity index (χ3v) is 4.12. The van der Waals surface area contributed by atoms with E-state index in [-0.39, 0.29) is 0 Å². The highest BCUT2D eigenvalue weighted by atomic mass is 32.2. The summed E-state index contributed by atoms with van der Waals surface area (Å²) in [5.74, 6) is 3.23. The molecule has 0 atom stereocenters. The van der Waals surface area contributed by atoms with Crippen LogP contribution in [0.3, 0.4) is 0 Å². The highest BCUT2D eigenvalue weighted by molar-refractivity contribution is 7.99. The Hall–Kier alpha value is -1.63. The van der Waals surface area contributed by atoms with Gasteiger partial charge in [0.2, 0.25) is 0 Å². The number of nitrogens with zero attached hydrogens (tertiary/aromatic N) is 5. The Kier molecular flexibility index (Phi) is 3.14. The summed E-state index contributed by atoms with van der Waals surface area (Å²) in [6, 6.07) is 1.94. The summed E-state index contributed by atoms with van der Waals surface area (Å²) in [6.07, 6.45) is 2.39. The van der Waals surface area contributed by atoms with Gasteiger partial charge >= 0.3 is 0 Å². The van der Waals surface area contributed by atoms with Crippen molar-refractivity contribution in [1.82, 2.24) is 24.7 Å². The molecule has 0 unspecified atom stereocenters. The number of aromatic nitrogens is 5. The van der Waals surface area contributed by atoms with E-state index < -0.39 is 0 Å². The Labute approximate surface area is 116 Å². The van der Waals surface area contributed by atoms with Crippen molar-refractivity contribution < 1.29 is 0 Å². The second-order valence-corrected chi connectivity index (χ2v) is 5.65. The second kappa shape index (κ2) is 4.80. The van der Waals surface area contributed by atoms with Crippen LogP contribution in [0.1, 0.15) is 30.4 Å². The van der Waals surface area contributed by atoms with Crippen LogP contribution in [0.2, 0.25) is 0 Å². The van der Waals surface area contributed by atoms with Gasteiger partial charge in [0.25, 0.3) is 0 Å². The normalized spacial score (nSPS) is 14.7. The largest absolute Gasteiger partial charge is 0.373 e. The van der Waals surface area contributed by atoms with Gasteiger partial charge in [-0.1, -0.05) is 0 Å². The van der Waals surface area contributed by atoms with E-state index in [0.29, 0.717) is 5.92 Å². The Morgan fingerprint density at radius 2 is 2.11 bits per heavy atom. The van der Waals surface area contributed by atoms with E-state index in [2.05, 4.69) is 25.5 Å². The third-order valence-electron chi connectivity index (χ3n) is 3.17. The van der Waals surface area contributed by atoms with Gasteiger partial charge in [0.15, 0.2) is 5.16 Å².